The van der Waals surface area contributed by atoms with Gasteiger partial charge in [0, 0.05) is 30.6 Å². The van der Waals surface area contributed by atoms with Crippen molar-refractivity contribution in [3.05, 3.63) is 89.5 Å². The molecule has 0 unspecified atom stereocenters. The first-order chi connectivity index (χ1) is 20.1. The van der Waals surface area contributed by atoms with E-state index in [1.165, 1.54) is 5.56 Å². The van der Waals surface area contributed by atoms with Crippen molar-refractivity contribution in [2.24, 2.45) is 5.10 Å². The third kappa shape index (κ3) is 7.28. The van der Waals surface area contributed by atoms with Gasteiger partial charge < -0.3 is 14.2 Å². The Kier molecular flexibility index (Phi) is 9.57. The van der Waals surface area contributed by atoms with E-state index in [2.05, 4.69) is 46.6 Å². The molecule has 1 amide bonds. The SMILES string of the molecule is CCCc1ccc(-c2cc(C(=O)N/N=C\c3ccc(OCCN4CCOCC4)c(OC)c3)c3ccccc3n2)cc1. The second-order valence-corrected chi connectivity index (χ2v) is 9.93. The van der Waals surface area contributed by atoms with Gasteiger partial charge in [-0.05, 0) is 47.9 Å². The molecule has 1 N–H and O–H groups in total. The third-order valence-electron chi connectivity index (χ3n) is 7.09. The highest BCUT2D eigenvalue weighted by molar-refractivity contribution is 6.07. The summed E-state index contributed by atoms with van der Waals surface area (Å²) in [5, 5.41) is 5.00. The summed E-state index contributed by atoms with van der Waals surface area (Å²) in [6.07, 6.45) is 3.72. The van der Waals surface area contributed by atoms with E-state index in [0.29, 0.717) is 23.7 Å². The number of benzene rings is 3. The molecule has 1 aromatic heterocycles. The molecule has 5 rings (SSSR count). The van der Waals surface area contributed by atoms with Gasteiger partial charge in [0.1, 0.15) is 6.61 Å². The summed E-state index contributed by atoms with van der Waals surface area (Å²) in [7, 11) is 1.61. The molecule has 1 fully saturated rings. The van der Waals surface area contributed by atoms with E-state index >= 15 is 0 Å². The van der Waals surface area contributed by atoms with Crippen LogP contribution in [-0.4, -0.2) is 68.6 Å². The van der Waals surface area contributed by atoms with Gasteiger partial charge in [-0.3, -0.25) is 9.69 Å². The molecule has 1 aliphatic heterocycles. The Morgan fingerprint density at radius 2 is 1.85 bits per heavy atom. The van der Waals surface area contributed by atoms with Crippen molar-refractivity contribution in [1.29, 1.82) is 0 Å². The van der Waals surface area contributed by atoms with Crippen LogP contribution < -0.4 is 14.9 Å². The number of carbonyl (C=O) groups excluding carboxylic acids is 1. The zero-order chi connectivity index (χ0) is 28.4. The van der Waals surface area contributed by atoms with Crippen LogP contribution >= 0.6 is 0 Å². The van der Waals surface area contributed by atoms with E-state index in [1.807, 2.05) is 48.5 Å². The Labute approximate surface area is 240 Å². The van der Waals surface area contributed by atoms with Crippen LogP contribution in [0.25, 0.3) is 22.2 Å². The Balaban J connectivity index is 1.27. The van der Waals surface area contributed by atoms with Gasteiger partial charge in [-0.25, -0.2) is 10.4 Å². The van der Waals surface area contributed by atoms with Crippen LogP contribution in [-0.2, 0) is 11.2 Å². The first kappa shape index (κ1) is 28.3. The number of amides is 1. The van der Waals surface area contributed by atoms with Gasteiger partial charge in [0.15, 0.2) is 11.5 Å². The van der Waals surface area contributed by atoms with Crippen molar-refractivity contribution in [2.45, 2.75) is 19.8 Å². The summed E-state index contributed by atoms with van der Waals surface area (Å²) < 4.78 is 16.9. The molecule has 212 valence electrons. The summed E-state index contributed by atoms with van der Waals surface area (Å²) in [5.74, 6) is 0.969. The molecular weight excluding hydrogens is 516 g/mol. The maximum Gasteiger partial charge on any atom is 0.272 e. The highest BCUT2D eigenvalue weighted by atomic mass is 16.5. The number of rotatable bonds is 11. The van der Waals surface area contributed by atoms with Gasteiger partial charge in [-0.1, -0.05) is 55.8 Å². The number of aryl methyl sites for hydroxylation is 1. The lowest BCUT2D eigenvalue weighted by Gasteiger charge is -2.26. The van der Waals surface area contributed by atoms with E-state index in [1.54, 1.807) is 13.3 Å². The number of hydrogen-bond donors (Lipinski definition) is 1. The van der Waals surface area contributed by atoms with Crippen molar-refractivity contribution < 1.29 is 19.0 Å². The van der Waals surface area contributed by atoms with Gasteiger partial charge in [0.05, 0.1) is 43.3 Å². The fourth-order valence-corrected chi connectivity index (χ4v) is 4.86. The third-order valence-corrected chi connectivity index (χ3v) is 7.09. The van der Waals surface area contributed by atoms with Crippen LogP contribution in [0.5, 0.6) is 11.5 Å². The minimum atomic E-state index is -0.307. The second kappa shape index (κ2) is 13.9. The van der Waals surface area contributed by atoms with Gasteiger partial charge in [-0.2, -0.15) is 5.10 Å². The average molecular weight is 553 g/mol. The zero-order valence-electron chi connectivity index (χ0n) is 23.6. The van der Waals surface area contributed by atoms with Crippen molar-refractivity contribution in [3.63, 3.8) is 0 Å². The molecule has 8 heteroatoms. The maximum absolute atomic E-state index is 13.3. The Morgan fingerprint density at radius 3 is 2.63 bits per heavy atom. The average Bonchev–Trinajstić information content (AvgIpc) is 3.02. The molecule has 1 saturated heterocycles. The first-order valence-corrected chi connectivity index (χ1v) is 14.1. The maximum atomic E-state index is 13.3. The highest BCUT2D eigenvalue weighted by Gasteiger charge is 2.14. The molecular formula is C33H36N4O4. The topological polar surface area (TPSA) is 85.3 Å². The van der Waals surface area contributed by atoms with Gasteiger partial charge in [0.25, 0.3) is 5.91 Å². The number of hydrazone groups is 1. The molecule has 0 aliphatic carbocycles. The number of hydrogen-bond acceptors (Lipinski definition) is 7. The number of ether oxygens (including phenoxy) is 3. The van der Waals surface area contributed by atoms with E-state index < -0.39 is 0 Å². The normalized spacial score (nSPS) is 13.9. The molecule has 0 atom stereocenters. The molecule has 0 spiro atoms. The number of para-hydroxylation sites is 1. The van der Waals surface area contributed by atoms with Crippen LogP contribution in [0.3, 0.4) is 0 Å². The lowest BCUT2D eigenvalue weighted by atomic mass is 10.0. The predicted molar refractivity (Wildman–Crippen MR) is 162 cm³/mol. The molecule has 8 nitrogen and oxygen atoms in total. The number of nitrogens with zero attached hydrogens (tertiary/aromatic N) is 3. The molecule has 1 aliphatic rings. The number of fused-ring (bicyclic) bond motifs is 1. The zero-order valence-corrected chi connectivity index (χ0v) is 23.6. The fourth-order valence-electron chi connectivity index (χ4n) is 4.86. The van der Waals surface area contributed by atoms with Gasteiger partial charge in [-0.15, -0.1) is 0 Å². The lowest BCUT2D eigenvalue weighted by molar-refractivity contribution is 0.0321. The minimum Gasteiger partial charge on any atom is -0.493 e. The fraction of sp³-hybridized carbons (Fsp3) is 0.303. The van der Waals surface area contributed by atoms with Crippen LogP contribution in [0.2, 0.25) is 0 Å². The molecule has 41 heavy (non-hydrogen) atoms. The number of carbonyl (C=O) groups is 1. The van der Waals surface area contributed by atoms with Crippen LogP contribution in [0, 0.1) is 0 Å². The quantitative estimate of drug-likeness (QED) is 0.200. The Hall–Kier alpha value is -4.27. The van der Waals surface area contributed by atoms with Crippen molar-refractivity contribution in [2.75, 3.05) is 46.6 Å². The largest absolute Gasteiger partial charge is 0.493 e. The number of nitrogens with one attached hydrogen (secondary N) is 1. The molecule has 0 bridgehead atoms. The predicted octanol–water partition coefficient (Wildman–Crippen LogP) is 5.34. The summed E-state index contributed by atoms with van der Waals surface area (Å²) in [4.78, 5) is 20.4. The second-order valence-electron chi connectivity index (χ2n) is 9.93. The highest BCUT2D eigenvalue weighted by Crippen LogP contribution is 2.28. The number of morpholine rings is 1. The standard InChI is InChI=1S/C33H36N4O4/c1-3-6-24-9-12-26(13-10-24)30-22-28(27-7-4-5-8-29(27)35-30)33(38)36-34-23-25-11-14-31(32(21-25)39-2)41-20-17-37-15-18-40-19-16-37/h4-5,7-14,21-23H,3,6,15-20H2,1-2H3,(H,36,38)/b34-23-. The Morgan fingerprint density at radius 1 is 1.05 bits per heavy atom. The van der Waals surface area contributed by atoms with Gasteiger partial charge >= 0.3 is 0 Å². The van der Waals surface area contributed by atoms with Gasteiger partial charge in [0.2, 0.25) is 0 Å². The minimum absolute atomic E-state index is 0.307. The first-order valence-electron chi connectivity index (χ1n) is 14.1. The van der Waals surface area contributed by atoms with E-state index in [9.17, 15) is 4.79 Å². The lowest BCUT2D eigenvalue weighted by Crippen LogP contribution is -2.38. The number of aromatic nitrogens is 1. The molecule has 2 heterocycles. The van der Waals surface area contributed by atoms with Crippen molar-refractivity contribution in [1.82, 2.24) is 15.3 Å². The van der Waals surface area contributed by atoms with Crippen molar-refractivity contribution >= 4 is 23.0 Å². The van der Waals surface area contributed by atoms with E-state index in [4.69, 9.17) is 19.2 Å². The molecule has 4 aromatic rings. The monoisotopic (exact) mass is 552 g/mol. The molecule has 3 aromatic carbocycles. The summed E-state index contributed by atoms with van der Waals surface area (Å²) >= 11 is 0. The summed E-state index contributed by atoms with van der Waals surface area (Å²) in [5.41, 5.74) is 7.72. The van der Waals surface area contributed by atoms with E-state index in [-0.39, 0.29) is 5.91 Å². The van der Waals surface area contributed by atoms with Crippen molar-refractivity contribution in [3.8, 4) is 22.8 Å². The smallest absolute Gasteiger partial charge is 0.272 e. The summed E-state index contributed by atoms with van der Waals surface area (Å²) in [6, 6.07) is 23.4. The number of pyridine rings is 1. The van der Waals surface area contributed by atoms with E-state index in [0.717, 1.165) is 73.4 Å². The van der Waals surface area contributed by atoms with Crippen LogP contribution in [0.1, 0.15) is 34.8 Å². The number of methoxy groups -OCH3 is 1. The van der Waals surface area contributed by atoms with Crippen LogP contribution in [0.4, 0.5) is 0 Å². The Bertz CT molecular complexity index is 1500. The summed E-state index contributed by atoms with van der Waals surface area (Å²) in [6.45, 7) is 6.93. The molecule has 0 saturated carbocycles. The molecule has 0 radical (unpaired) electrons. The van der Waals surface area contributed by atoms with Crippen LogP contribution in [0.15, 0.2) is 77.9 Å².